The molecule has 1 amide bonds. The molecule has 1 unspecified atom stereocenters. The van der Waals surface area contributed by atoms with Gasteiger partial charge in [0.15, 0.2) is 12.3 Å². The first kappa shape index (κ1) is 21.0. The molecule has 1 atom stereocenters. The lowest BCUT2D eigenvalue weighted by Crippen LogP contribution is -2.31. The van der Waals surface area contributed by atoms with Crippen molar-refractivity contribution < 1.29 is 14.3 Å². The van der Waals surface area contributed by atoms with Crippen molar-refractivity contribution in [1.82, 2.24) is 20.1 Å². The van der Waals surface area contributed by atoms with Gasteiger partial charge in [0, 0.05) is 17.6 Å². The minimum Gasteiger partial charge on any atom is -0.452 e. The number of hydrogen-bond acceptors (Lipinski definition) is 5. The third-order valence-electron chi connectivity index (χ3n) is 5.74. The first-order chi connectivity index (χ1) is 14.9. The molecule has 1 N–H and O–H groups in total. The number of pyridine rings is 1. The molecular weight excluding hydrogens is 392 g/mol. The van der Waals surface area contributed by atoms with E-state index in [0.717, 1.165) is 23.8 Å². The van der Waals surface area contributed by atoms with Gasteiger partial charge in [-0.2, -0.15) is 5.10 Å². The number of fused-ring (bicyclic) bond motifs is 2. The molecule has 0 saturated heterocycles. The van der Waals surface area contributed by atoms with Crippen LogP contribution in [0, 0.1) is 0 Å². The summed E-state index contributed by atoms with van der Waals surface area (Å²) < 4.78 is 6.99. The Bertz CT molecular complexity index is 1120. The molecule has 31 heavy (non-hydrogen) atoms. The lowest BCUT2D eigenvalue weighted by Gasteiger charge is -2.20. The van der Waals surface area contributed by atoms with E-state index in [-0.39, 0.29) is 24.6 Å². The zero-order chi connectivity index (χ0) is 22.0. The predicted octanol–water partition coefficient (Wildman–Crippen LogP) is 3.93. The number of aryl methyl sites for hydroxylation is 2. The maximum absolute atomic E-state index is 12.4. The van der Waals surface area contributed by atoms with Crippen LogP contribution in [0.2, 0.25) is 0 Å². The van der Waals surface area contributed by atoms with Gasteiger partial charge in [0.25, 0.3) is 5.91 Å². The molecule has 1 aromatic carbocycles. The average Bonchev–Trinajstić information content (AvgIpc) is 3.20. The quantitative estimate of drug-likeness (QED) is 0.611. The van der Waals surface area contributed by atoms with Gasteiger partial charge in [-0.05, 0) is 69.2 Å². The van der Waals surface area contributed by atoms with Crippen molar-refractivity contribution in [2.45, 2.75) is 58.5 Å². The molecule has 0 spiro atoms. The number of nitrogens with one attached hydrogen (secondary N) is 1. The lowest BCUT2D eigenvalue weighted by atomic mass is 9.89. The van der Waals surface area contributed by atoms with Crippen molar-refractivity contribution in [2.75, 3.05) is 6.61 Å². The monoisotopic (exact) mass is 420 g/mol. The number of ether oxygens (including phenoxy) is 1. The first-order valence-electron chi connectivity index (χ1n) is 10.8. The summed E-state index contributed by atoms with van der Waals surface area (Å²) in [4.78, 5) is 29.0. The molecule has 0 fully saturated rings. The Hall–Kier alpha value is -3.22. The van der Waals surface area contributed by atoms with Crippen LogP contribution in [0.1, 0.15) is 72.7 Å². The predicted molar refractivity (Wildman–Crippen MR) is 118 cm³/mol. The van der Waals surface area contributed by atoms with Crippen LogP contribution in [0.3, 0.4) is 0 Å². The second-order valence-electron chi connectivity index (χ2n) is 8.42. The zero-order valence-electron chi connectivity index (χ0n) is 18.2. The molecule has 3 aromatic rings. The highest BCUT2D eigenvalue weighted by Crippen LogP contribution is 2.24. The molecule has 1 aliphatic carbocycles. The highest BCUT2D eigenvalue weighted by molar-refractivity contribution is 5.94. The van der Waals surface area contributed by atoms with Crippen molar-refractivity contribution in [1.29, 1.82) is 0 Å². The molecule has 0 bridgehead atoms. The van der Waals surface area contributed by atoms with Gasteiger partial charge < -0.3 is 10.1 Å². The summed E-state index contributed by atoms with van der Waals surface area (Å²) in [6.45, 7) is 5.63. The van der Waals surface area contributed by atoms with Crippen LogP contribution in [0.25, 0.3) is 11.0 Å². The van der Waals surface area contributed by atoms with E-state index in [4.69, 9.17) is 4.74 Å². The Morgan fingerprint density at radius 2 is 1.87 bits per heavy atom. The van der Waals surface area contributed by atoms with E-state index < -0.39 is 5.97 Å². The van der Waals surface area contributed by atoms with E-state index in [1.54, 1.807) is 16.9 Å². The van der Waals surface area contributed by atoms with Crippen LogP contribution in [-0.2, 0) is 22.4 Å². The standard InChI is InChI=1S/C24H28N4O3/c1-15(2)28-23-20(13-26-28)11-21(12-25-23)24(30)31-14-22(29)27-16(3)18-9-8-17-6-4-5-7-19(17)10-18/h8-13,15-16H,4-7,14H2,1-3H3,(H,27,29). The Labute approximate surface area is 181 Å². The highest BCUT2D eigenvalue weighted by atomic mass is 16.5. The summed E-state index contributed by atoms with van der Waals surface area (Å²) in [7, 11) is 0. The smallest absolute Gasteiger partial charge is 0.340 e. The number of benzene rings is 1. The number of hydrogen-bond donors (Lipinski definition) is 1. The maximum Gasteiger partial charge on any atom is 0.340 e. The minimum atomic E-state index is -0.580. The largest absolute Gasteiger partial charge is 0.452 e. The number of nitrogens with zero attached hydrogens (tertiary/aromatic N) is 3. The van der Waals surface area contributed by atoms with Crippen LogP contribution in [-0.4, -0.2) is 33.2 Å². The Balaban J connectivity index is 1.34. The fourth-order valence-electron chi connectivity index (χ4n) is 4.03. The van der Waals surface area contributed by atoms with Crippen LogP contribution >= 0.6 is 0 Å². The van der Waals surface area contributed by atoms with Gasteiger partial charge in [0.05, 0.1) is 17.8 Å². The third kappa shape index (κ3) is 4.60. The number of carbonyl (C=O) groups is 2. The third-order valence-corrected chi connectivity index (χ3v) is 5.74. The van der Waals surface area contributed by atoms with E-state index in [0.29, 0.717) is 11.2 Å². The summed E-state index contributed by atoms with van der Waals surface area (Å²) in [6.07, 6.45) is 7.81. The average molecular weight is 421 g/mol. The molecule has 4 rings (SSSR count). The van der Waals surface area contributed by atoms with Gasteiger partial charge >= 0.3 is 5.97 Å². The molecule has 2 aromatic heterocycles. The van der Waals surface area contributed by atoms with Gasteiger partial charge in [-0.15, -0.1) is 0 Å². The van der Waals surface area contributed by atoms with Gasteiger partial charge in [-0.25, -0.2) is 14.5 Å². The highest BCUT2D eigenvalue weighted by Gasteiger charge is 2.17. The van der Waals surface area contributed by atoms with E-state index in [1.807, 2.05) is 20.8 Å². The van der Waals surface area contributed by atoms with Gasteiger partial charge in [-0.1, -0.05) is 18.2 Å². The second kappa shape index (κ2) is 8.88. The van der Waals surface area contributed by atoms with Crippen molar-refractivity contribution in [2.24, 2.45) is 0 Å². The van der Waals surface area contributed by atoms with Crippen molar-refractivity contribution in [3.05, 3.63) is 58.9 Å². The van der Waals surface area contributed by atoms with Gasteiger partial charge in [-0.3, -0.25) is 4.79 Å². The van der Waals surface area contributed by atoms with Crippen molar-refractivity contribution in [3.63, 3.8) is 0 Å². The SMILES string of the molecule is CC(NC(=O)COC(=O)c1cnc2c(cnn2C(C)C)c1)c1ccc2c(c1)CCCC2. The van der Waals surface area contributed by atoms with Gasteiger partial charge in [0.2, 0.25) is 0 Å². The van der Waals surface area contributed by atoms with Crippen LogP contribution < -0.4 is 5.32 Å². The molecule has 0 aliphatic heterocycles. The van der Waals surface area contributed by atoms with Crippen LogP contribution in [0.4, 0.5) is 0 Å². The molecule has 162 valence electrons. The summed E-state index contributed by atoms with van der Waals surface area (Å²) in [5, 5.41) is 7.96. The summed E-state index contributed by atoms with van der Waals surface area (Å²) >= 11 is 0. The van der Waals surface area contributed by atoms with E-state index in [2.05, 4.69) is 33.6 Å². The maximum atomic E-state index is 12.4. The lowest BCUT2D eigenvalue weighted by molar-refractivity contribution is -0.124. The second-order valence-corrected chi connectivity index (χ2v) is 8.42. The van der Waals surface area contributed by atoms with Crippen molar-refractivity contribution in [3.8, 4) is 0 Å². The summed E-state index contributed by atoms with van der Waals surface area (Å²) in [5.41, 5.74) is 4.86. The Kier molecular flexibility index (Phi) is 6.02. The molecular formula is C24H28N4O3. The summed E-state index contributed by atoms with van der Waals surface area (Å²) in [6, 6.07) is 8.12. The zero-order valence-corrected chi connectivity index (χ0v) is 18.2. The van der Waals surface area contributed by atoms with Crippen LogP contribution in [0.5, 0.6) is 0 Å². The molecule has 1 aliphatic rings. The topological polar surface area (TPSA) is 86.1 Å². The molecule has 7 nitrogen and oxygen atoms in total. The number of amides is 1. The number of rotatable bonds is 6. The fraction of sp³-hybridized carbons (Fsp3) is 0.417. The van der Waals surface area contributed by atoms with Crippen LogP contribution in [0.15, 0.2) is 36.7 Å². The minimum absolute atomic E-state index is 0.154. The van der Waals surface area contributed by atoms with Gasteiger partial charge in [0.1, 0.15) is 0 Å². The fourth-order valence-corrected chi connectivity index (χ4v) is 4.03. The normalized spacial score (nSPS) is 14.3. The number of aromatic nitrogens is 3. The van der Waals surface area contributed by atoms with E-state index >= 15 is 0 Å². The number of carbonyl (C=O) groups excluding carboxylic acids is 2. The van der Waals surface area contributed by atoms with Crippen molar-refractivity contribution >= 4 is 22.9 Å². The number of esters is 1. The summed E-state index contributed by atoms with van der Waals surface area (Å²) in [5.74, 6) is -0.913. The molecule has 0 radical (unpaired) electrons. The Morgan fingerprint density at radius 1 is 1.10 bits per heavy atom. The molecule has 7 heteroatoms. The molecule has 0 saturated carbocycles. The first-order valence-corrected chi connectivity index (χ1v) is 10.8. The molecule has 2 heterocycles. The van der Waals surface area contributed by atoms with E-state index in [9.17, 15) is 9.59 Å². The van der Waals surface area contributed by atoms with E-state index in [1.165, 1.54) is 30.2 Å². The Morgan fingerprint density at radius 3 is 2.65 bits per heavy atom.